The summed E-state index contributed by atoms with van der Waals surface area (Å²) in [7, 11) is 0. The molecule has 0 radical (unpaired) electrons. The largest absolute Gasteiger partial charge is 0.454 e. The fraction of sp³-hybridized carbons (Fsp3) is 0.444. The molecule has 72 valence electrons. The quantitative estimate of drug-likeness (QED) is 0.516. The highest BCUT2D eigenvalue weighted by atomic mass is 35.5. The first-order chi connectivity index (χ1) is 5.92. The molecule has 0 aliphatic heterocycles. The van der Waals surface area contributed by atoms with Crippen molar-refractivity contribution in [3.8, 4) is 0 Å². The lowest BCUT2D eigenvalue weighted by molar-refractivity contribution is -0.142. The third kappa shape index (κ3) is 2.57. The minimum atomic E-state index is -1.14. The maximum absolute atomic E-state index is 10.6. The minimum absolute atomic E-state index is 0.265. The van der Waals surface area contributed by atoms with Crippen LogP contribution < -0.4 is 0 Å². The van der Waals surface area contributed by atoms with Gasteiger partial charge in [0.25, 0.3) is 0 Å². The molecule has 0 aromatic rings. The molecule has 4 heteroatoms. The number of aliphatic hydroxyl groups is 1. The predicted molar refractivity (Wildman–Crippen MR) is 49.3 cm³/mol. The molecule has 0 unspecified atom stereocenters. The predicted octanol–water partition coefficient (Wildman–Crippen LogP) is 1.36. The highest BCUT2D eigenvalue weighted by Gasteiger charge is 2.26. The van der Waals surface area contributed by atoms with Crippen molar-refractivity contribution in [3.63, 3.8) is 0 Å². The molecule has 2 atom stereocenters. The van der Waals surface area contributed by atoms with Gasteiger partial charge in [-0.25, -0.2) is 0 Å². The Balaban J connectivity index is 2.72. The van der Waals surface area contributed by atoms with Gasteiger partial charge in [0.05, 0.1) is 5.03 Å². The van der Waals surface area contributed by atoms with Crippen molar-refractivity contribution in [3.05, 3.63) is 23.3 Å². The number of carbonyl (C=O) groups excluding carboxylic acids is 1. The molecule has 0 bridgehead atoms. The van der Waals surface area contributed by atoms with Crippen LogP contribution >= 0.6 is 11.6 Å². The molecule has 1 N–H and O–H groups in total. The second-order valence-electron chi connectivity index (χ2n) is 3.10. The van der Waals surface area contributed by atoms with E-state index >= 15 is 0 Å². The van der Waals surface area contributed by atoms with Crippen LogP contribution in [-0.4, -0.2) is 22.8 Å². The average Bonchev–Trinajstić information content (AvgIpc) is 1.97. The fourth-order valence-corrected chi connectivity index (χ4v) is 1.18. The molecule has 0 spiro atoms. The highest BCUT2D eigenvalue weighted by Crippen LogP contribution is 2.27. The second-order valence-corrected chi connectivity index (χ2v) is 3.50. The monoisotopic (exact) mass is 202 g/mol. The van der Waals surface area contributed by atoms with Gasteiger partial charge in [0.15, 0.2) is 0 Å². The molecular formula is C9H11ClO3. The zero-order valence-electron chi connectivity index (χ0n) is 7.45. The number of esters is 1. The van der Waals surface area contributed by atoms with Crippen molar-refractivity contribution >= 4 is 17.6 Å². The van der Waals surface area contributed by atoms with Crippen molar-refractivity contribution in [2.75, 3.05) is 0 Å². The summed E-state index contributed by atoms with van der Waals surface area (Å²) in [6, 6.07) is 0. The third-order valence-corrected chi connectivity index (χ3v) is 2.22. The molecule has 0 fully saturated rings. The molecular weight excluding hydrogens is 192 g/mol. The summed E-state index contributed by atoms with van der Waals surface area (Å²) in [5, 5.41) is 9.83. The van der Waals surface area contributed by atoms with Gasteiger partial charge in [-0.05, 0) is 25.2 Å². The summed E-state index contributed by atoms with van der Waals surface area (Å²) in [6.45, 7) is 2.88. The van der Waals surface area contributed by atoms with Gasteiger partial charge in [0.2, 0.25) is 0 Å². The lowest BCUT2D eigenvalue weighted by atomic mass is 9.99. The Morgan fingerprint density at radius 3 is 2.85 bits per heavy atom. The van der Waals surface area contributed by atoms with E-state index in [1.807, 2.05) is 0 Å². The Bertz CT molecular complexity index is 279. The summed E-state index contributed by atoms with van der Waals surface area (Å²) in [4.78, 5) is 10.6. The molecule has 0 saturated carbocycles. The van der Waals surface area contributed by atoms with E-state index in [0.717, 1.165) is 0 Å². The summed E-state index contributed by atoms with van der Waals surface area (Å²) in [6.07, 6.45) is 4.13. The van der Waals surface area contributed by atoms with Gasteiger partial charge < -0.3 is 9.84 Å². The van der Waals surface area contributed by atoms with Crippen molar-refractivity contribution in [2.24, 2.45) is 0 Å². The zero-order valence-corrected chi connectivity index (χ0v) is 8.21. The van der Waals surface area contributed by atoms with E-state index in [9.17, 15) is 9.90 Å². The van der Waals surface area contributed by atoms with Crippen LogP contribution in [0, 0.1) is 0 Å². The van der Waals surface area contributed by atoms with E-state index in [1.165, 1.54) is 19.1 Å². The van der Waals surface area contributed by atoms with Crippen LogP contribution in [0.25, 0.3) is 0 Å². The molecule has 3 nitrogen and oxygen atoms in total. The standard InChI is InChI=1S/C9H11ClO3/c1-6(11)13-7-3-4-9(2,12)8(10)5-7/h3-5,7,12H,1-2H3/t7-,9-/m0/s1. The normalized spacial score (nSPS) is 32.6. The van der Waals surface area contributed by atoms with Crippen LogP contribution in [0.15, 0.2) is 23.3 Å². The van der Waals surface area contributed by atoms with E-state index in [1.54, 1.807) is 13.0 Å². The number of hydrogen-bond donors (Lipinski definition) is 1. The van der Waals surface area contributed by atoms with Crippen molar-refractivity contribution < 1.29 is 14.6 Å². The summed E-state index contributed by atoms with van der Waals surface area (Å²) >= 11 is 5.76. The first-order valence-electron chi connectivity index (χ1n) is 3.88. The van der Waals surface area contributed by atoms with Crippen LogP contribution in [0.2, 0.25) is 0 Å². The first-order valence-corrected chi connectivity index (χ1v) is 4.26. The first kappa shape index (κ1) is 10.3. The van der Waals surface area contributed by atoms with Crippen LogP contribution in [0.4, 0.5) is 0 Å². The van der Waals surface area contributed by atoms with Gasteiger partial charge in [-0.3, -0.25) is 4.79 Å². The molecule has 0 saturated heterocycles. The van der Waals surface area contributed by atoms with Crippen LogP contribution in [-0.2, 0) is 9.53 Å². The lowest BCUT2D eigenvalue weighted by Gasteiger charge is -2.24. The molecule has 1 rings (SSSR count). The smallest absolute Gasteiger partial charge is 0.303 e. The number of rotatable bonds is 1. The van der Waals surface area contributed by atoms with Gasteiger partial charge in [-0.1, -0.05) is 11.6 Å². The Morgan fingerprint density at radius 1 is 1.77 bits per heavy atom. The number of carbonyl (C=O) groups is 1. The second kappa shape index (κ2) is 3.52. The number of hydrogen-bond acceptors (Lipinski definition) is 3. The molecule has 0 aromatic carbocycles. The van der Waals surface area contributed by atoms with E-state index in [0.29, 0.717) is 0 Å². The Hall–Kier alpha value is -0.800. The van der Waals surface area contributed by atoms with Gasteiger partial charge in [0.1, 0.15) is 11.7 Å². The molecule has 1 aliphatic carbocycles. The van der Waals surface area contributed by atoms with Crippen LogP contribution in [0.3, 0.4) is 0 Å². The number of halogens is 1. The van der Waals surface area contributed by atoms with Gasteiger partial charge in [0, 0.05) is 6.92 Å². The average molecular weight is 203 g/mol. The van der Waals surface area contributed by atoms with E-state index in [4.69, 9.17) is 16.3 Å². The molecule has 1 aliphatic rings. The third-order valence-electron chi connectivity index (χ3n) is 1.71. The van der Waals surface area contributed by atoms with Crippen LogP contribution in [0.5, 0.6) is 0 Å². The summed E-state index contributed by atoms with van der Waals surface area (Å²) in [5.74, 6) is -0.378. The molecule has 13 heavy (non-hydrogen) atoms. The minimum Gasteiger partial charge on any atom is -0.454 e. The summed E-state index contributed by atoms with van der Waals surface area (Å²) < 4.78 is 4.86. The van der Waals surface area contributed by atoms with Crippen molar-refractivity contribution in [1.82, 2.24) is 0 Å². The van der Waals surface area contributed by atoms with Gasteiger partial charge >= 0.3 is 5.97 Å². The lowest BCUT2D eigenvalue weighted by Crippen LogP contribution is -2.27. The Labute approximate surface area is 81.6 Å². The van der Waals surface area contributed by atoms with Gasteiger partial charge in [-0.15, -0.1) is 0 Å². The van der Waals surface area contributed by atoms with Gasteiger partial charge in [-0.2, -0.15) is 0 Å². The molecule has 0 heterocycles. The highest BCUT2D eigenvalue weighted by molar-refractivity contribution is 6.31. The van der Waals surface area contributed by atoms with E-state index in [-0.39, 0.29) is 11.0 Å². The molecule has 0 aromatic heterocycles. The Morgan fingerprint density at radius 2 is 2.38 bits per heavy atom. The van der Waals surface area contributed by atoms with Crippen molar-refractivity contribution in [2.45, 2.75) is 25.6 Å². The zero-order chi connectivity index (χ0) is 10.1. The summed E-state index contributed by atoms with van der Waals surface area (Å²) in [5.41, 5.74) is -1.14. The van der Waals surface area contributed by atoms with Crippen LogP contribution in [0.1, 0.15) is 13.8 Å². The topological polar surface area (TPSA) is 46.5 Å². The van der Waals surface area contributed by atoms with E-state index < -0.39 is 11.7 Å². The Kier molecular flexibility index (Phi) is 2.78. The van der Waals surface area contributed by atoms with Crippen molar-refractivity contribution in [1.29, 1.82) is 0 Å². The maximum Gasteiger partial charge on any atom is 0.303 e. The maximum atomic E-state index is 10.6. The molecule has 0 amide bonds. The fourth-order valence-electron chi connectivity index (χ4n) is 0.995. The van der Waals surface area contributed by atoms with E-state index in [2.05, 4.69) is 0 Å². The SMILES string of the molecule is CC(=O)O[C@H]1C=C[C@](C)(O)C(Cl)=C1. The number of ether oxygens (including phenoxy) is 1.